The number of hydrogen-bond acceptors (Lipinski definition) is 4. The van der Waals surface area contributed by atoms with Crippen molar-refractivity contribution in [3.05, 3.63) is 16.5 Å². The number of thiophene rings is 1. The average Bonchev–Trinajstić information content (AvgIpc) is 2.89. The Bertz CT molecular complexity index is 501. The van der Waals surface area contributed by atoms with Crippen LogP contribution in [0, 0.1) is 0 Å². The van der Waals surface area contributed by atoms with Gasteiger partial charge in [0.25, 0.3) is 0 Å². The van der Waals surface area contributed by atoms with Crippen molar-refractivity contribution >= 4 is 33.0 Å². The Morgan fingerprint density at radius 2 is 2.33 bits per heavy atom. The normalized spacial score (nSPS) is 21.6. The van der Waals surface area contributed by atoms with Crippen LogP contribution in [0.25, 0.3) is 0 Å². The summed E-state index contributed by atoms with van der Waals surface area (Å²) in [5.41, 5.74) is 0. The highest BCUT2D eigenvalue weighted by molar-refractivity contribution is 7.91. The third-order valence-corrected chi connectivity index (χ3v) is 6.44. The van der Waals surface area contributed by atoms with Crippen LogP contribution in [0.5, 0.6) is 0 Å². The van der Waals surface area contributed by atoms with Gasteiger partial charge in [-0.15, -0.1) is 11.3 Å². The topological polar surface area (TPSA) is 49.4 Å². The first kappa shape index (κ1) is 14.3. The van der Waals surface area contributed by atoms with Gasteiger partial charge < -0.3 is 4.90 Å². The molecule has 1 aliphatic rings. The molecule has 1 unspecified atom stereocenters. The predicted octanol–water partition coefficient (Wildman–Crippen LogP) is 2.16. The molecule has 0 spiro atoms. The molecule has 2 rings (SSSR count). The van der Waals surface area contributed by atoms with Gasteiger partial charge in [-0.1, -0.05) is 11.6 Å². The fourth-order valence-corrected chi connectivity index (χ4v) is 4.79. The summed E-state index contributed by atoms with van der Waals surface area (Å²) >= 11 is 6.83. The summed E-state index contributed by atoms with van der Waals surface area (Å²) in [7, 11) is -1.29. The number of nitrogens with one attached hydrogen (secondary N) is 1. The van der Waals surface area contributed by atoms with Gasteiger partial charge in [-0.05, 0) is 45.0 Å². The van der Waals surface area contributed by atoms with E-state index < -0.39 is 10.0 Å². The van der Waals surface area contributed by atoms with Crippen LogP contribution in [0.4, 0.5) is 0 Å². The van der Waals surface area contributed by atoms with Crippen LogP contribution in [0.2, 0.25) is 4.34 Å². The van der Waals surface area contributed by atoms with Crippen molar-refractivity contribution in [1.82, 2.24) is 9.62 Å². The second kappa shape index (κ2) is 5.88. The molecule has 1 aromatic heterocycles. The maximum Gasteiger partial charge on any atom is 0.250 e. The number of hydrogen-bond donors (Lipinski definition) is 1. The molecule has 0 saturated carbocycles. The summed E-state index contributed by atoms with van der Waals surface area (Å²) in [5, 5.41) is 0. The minimum absolute atomic E-state index is 0.285. The highest BCUT2D eigenvalue weighted by Crippen LogP contribution is 2.25. The minimum atomic E-state index is -3.38. The smallest absolute Gasteiger partial charge is 0.250 e. The Morgan fingerprint density at radius 3 is 2.89 bits per heavy atom. The van der Waals surface area contributed by atoms with Gasteiger partial charge in [0, 0.05) is 12.6 Å². The number of halogens is 1. The van der Waals surface area contributed by atoms with E-state index in [9.17, 15) is 8.42 Å². The van der Waals surface area contributed by atoms with Crippen molar-refractivity contribution in [1.29, 1.82) is 0 Å². The lowest BCUT2D eigenvalue weighted by Crippen LogP contribution is -2.31. The molecule has 2 heterocycles. The Kier molecular flexibility index (Phi) is 4.66. The first-order valence-corrected chi connectivity index (χ1v) is 8.62. The Hall–Kier alpha value is -0.140. The maximum absolute atomic E-state index is 11.9. The van der Waals surface area contributed by atoms with Crippen molar-refractivity contribution in [3.63, 3.8) is 0 Å². The third kappa shape index (κ3) is 3.45. The molecule has 0 radical (unpaired) electrons. The monoisotopic (exact) mass is 308 g/mol. The fraction of sp³-hybridized carbons (Fsp3) is 0.636. The zero-order valence-electron chi connectivity index (χ0n) is 10.2. The molecule has 4 nitrogen and oxygen atoms in total. The number of rotatable bonds is 5. The molecular formula is C11H17ClN2O2S2. The van der Waals surface area contributed by atoms with E-state index in [1.165, 1.54) is 12.5 Å². The molecule has 18 heavy (non-hydrogen) atoms. The minimum Gasteiger partial charge on any atom is -0.303 e. The van der Waals surface area contributed by atoms with E-state index >= 15 is 0 Å². The molecule has 0 amide bonds. The van der Waals surface area contributed by atoms with E-state index in [4.69, 9.17) is 11.6 Å². The predicted molar refractivity (Wildman–Crippen MR) is 74.8 cm³/mol. The van der Waals surface area contributed by atoms with E-state index in [0.29, 0.717) is 16.9 Å². The van der Waals surface area contributed by atoms with Crippen molar-refractivity contribution in [3.8, 4) is 0 Å². The molecule has 102 valence electrons. The largest absolute Gasteiger partial charge is 0.303 e. The molecular weight excluding hydrogens is 292 g/mol. The lowest BCUT2D eigenvalue weighted by molar-refractivity contribution is 0.297. The van der Waals surface area contributed by atoms with Gasteiger partial charge >= 0.3 is 0 Å². The molecule has 1 aliphatic heterocycles. The second-order valence-corrected chi connectivity index (χ2v) is 8.23. The van der Waals surface area contributed by atoms with E-state index in [0.717, 1.165) is 30.7 Å². The first-order chi connectivity index (χ1) is 8.49. The highest BCUT2D eigenvalue weighted by Gasteiger charge is 2.22. The van der Waals surface area contributed by atoms with Crippen molar-refractivity contribution in [2.24, 2.45) is 0 Å². The quantitative estimate of drug-likeness (QED) is 0.907. The van der Waals surface area contributed by atoms with Gasteiger partial charge in [0.15, 0.2) is 0 Å². The van der Waals surface area contributed by atoms with Crippen LogP contribution in [0.1, 0.15) is 19.3 Å². The summed E-state index contributed by atoms with van der Waals surface area (Å²) in [5.74, 6) is 0. The van der Waals surface area contributed by atoms with Crippen LogP contribution in [0.3, 0.4) is 0 Å². The Morgan fingerprint density at radius 1 is 1.56 bits per heavy atom. The van der Waals surface area contributed by atoms with Gasteiger partial charge in [-0.2, -0.15) is 0 Å². The lowest BCUT2D eigenvalue weighted by Gasteiger charge is -2.19. The standard InChI is InChI=1S/C11H17ClN2O2S2/c1-14-8-2-3-9(14)6-7-13-18(15,16)11-5-4-10(12)17-11/h4-5,9,13H,2-3,6-8H2,1H3. The maximum atomic E-state index is 11.9. The zero-order valence-corrected chi connectivity index (χ0v) is 12.6. The average molecular weight is 309 g/mol. The molecule has 0 bridgehead atoms. The van der Waals surface area contributed by atoms with E-state index in [1.807, 2.05) is 0 Å². The Balaban J connectivity index is 1.86. The van der Waals surface area contributed by atoms with Crippen molar-refractivity contribution in [2.45, 2.75) is 29.5 Å². The van der Waals surface area contributed by atoms with Gasteiger partial charge in [0.05, 0.1) is 4.34 Å². The number of likely N-dealkylation sites (tertiary alicyclic amines) is 1. The fourth-order valence-electron chi connectivity index (χ4n) is 2.22. The molecule has 7 heteroatoms. The first-order valence-electron chi connectivity index (χ1n) is 5.94. The molecule has 1 N–H and O–H groups in total. The summed E-state index contributed by atoms with van der Waals surface area (Å²) in [6, 6.07) is 3.64. The van der Waals surface area contributed by atoms with Crippen LogP contribution >= 0.6 is 22.9 Å². The molecule has 1 atom stereocenters. The second-order valence-electron chi connectivity index (χ2n) is 4.52. The highest BCUT2D eigenvalue weighted by atomic mass is 35.5. The van der Waals surface area contributed by atoms with Gasteiger partial charge in [-0.25, -0.2) is 13.1 Å². The zero-order chi connectivity index (χ0) is 13.2. The van der Waals surface area contributed by atoms with Crippen molar-refractivity contribution in [2.75, 3.05) is 20.1 Å². The van der Waals surface area contributed by atoms with Gasteiger partial charge in [0.1, 0.15) is 4.21 Å². The summed E-state index contributed by atoms with van der Waals surface area (Å²) in [6.45, 7) is 1.59. The van der Waals surface area contributed by atoms with Crippen LogP contribution in [0.15, 0.2) is 16.3 Å². The van der Waals surface area contributed by atoms with E-state index in [2.05, 4.69) is 16.7 Å². The lowest BCUT2D eigenvalue weighted by atomic mass is 10.1. The molecule has 0 aliphatic carbocycles. The Labute approximate surface area is 117 Å². The van der Waals surface area contributed by atoms with Crippen molar-refractivity contribution < 1.29 is 8.42 Å². The van der Waals surface area contributed by atoms with Gasteiger partial charge in [-0.3, -0.25) is 0 Å². The number of nitrogens with zero attached hydrogens (tertiary/aromatic N) is 1. The summed E-state index contributed by atoms with van der Waals surface area (Å²) in [4.78, 5) is 2.29. The van der Waals surface area contributed by atoms with Gasteiger partial charge in [0.2, 0.25) is 10.0 Å². The third-order valence-electron chi connectivity index (χ3n) is 3.25. The molecule has 0 aromatic carbocycles. The summed E-state index contributed by atoms with van der Waals surface area (Å²) < 4.78 is 27.3. The molecule has 1 fully saturated rings. The molecule has 1 saturated heterocycles. The van der Waals surface area contributed by atoms with Crippen LogP contribution in [-0.4, -0.2) is 39.5 Å². The summed E-state index contributed by atoms with van der Waals surface area (Å²) in [6.07, 6.45) is 3.21. The SMILES string of the molecule is CN1CCCC1CCNS(=O)(=O)c1ccc(Cl)s1. The molecule has 1 aromatic rings. The number of sulfonamides is 1. The van der Waals surface area contributed by atoms with Crippen LogP contribution in [-0.2, 0) is 10.0 Å². The van der Waals surface area contributed by atoms with E-state index in [1.54, 1.807) is 6.07 Å². The van der Waals surface area contributed by atoms with Crippen LogP contribution < -0.4 is 4.72 Å². The van der Waals surface area contributed by atoms with E-state index in [-0.39, 0.29) is 4.21 Å².